The lowest BCUT2D eigenvalue weighted by Gasteiger charge is -2.33. The molecule has 142 valence electrons. The zero-order chi connectivity index (χ0) is 19.0. The minimum absolute atomic E-state index is 0.116. The minimum Gasteiger partial charge on any atom is -0.339 e. The molecular formula is C20H24ClN5O. The van der Waals surface area contributed by atoms with Gasteiger partial charge in [0.2, 0.25) is 5.95 Å². The van der Waals surface area contributed by atoms with E-state index >= 15 is 0 Å². The molecule has 2 heterocycles. The Morgan fingerprint density at radius 1 is 1.07 bits per heavy atom. The van der Waals surface area contributed by atoms with E-state index in [2.05, 4.69) is 29.1 Å². The number of carbonyl (C=O) groups excluding carboxylic acids is 1. The van der Waals surface area contributed by atoms with E-state index in [1.54, 1.807) is 0 Å². The quantitative estimate of drug-likeness (QED) is 0.873. The Balaban J connectivity index is 1.73. The molecule has 0 unspecified atom stereocenters. The molecule has 1 aliphatic carbocycles. The Bertz CT molecular complexity index is 846. The smallest absolute Gasteiger partial charge is 0.227 e. The molecule has 2 aromatic rings. The van der Waals surface area contributed by atoms with E-state index in [-0.39, 0.29) is 5.78 Å². The van der Waals surface area contributed by atoms with Gasteiger partial charge < -0.3 is 15.1 Å². The number of carbonyl (C=O) groups is 1. The van der Waals surface area contributed by atoms with Gasteiger partial charge in [-0.2, -0.15) is 4.98 Å². The highest BCUT2D eigenvalue weighted by Crippen LogP contribution is 2.32. The third kappa shape index (κ3) is 3.92. The van der Waals surface area contributed by atoms with E-state index in [4.69, 9.17) is 21.6 Å². The van der Waals surface area contributed by atoms with Crippen molar-refractivity contribution in [2.45, 2.75) is 19.8 Å². The summed E-state index contributed by atoms with van der Waals surface area (Å²) in [6.07, 6.45) is 1.35. The average Bonchev–Trinajstić information content (AvgIpc) is 2.63. The number of hydrogen-bond donors (Lipinski definition) is 1. The van der Waals surface area contributed by atoms with E-state index in [0.29, 0.717) is 34.7 Å². The molecule has 7 heteroatoms. The fourth-order valence-corrected chi connectivity index (χ4v) is 3.79. The van der Waals surface area contributed by atoms with Crippen LogP contribution >= 0.6 is 11.6 Å². The van der Waals surface area contributed by atoms with Gasteiger partial charge in [0.1, 0.15) is 5.82 Å². The third-order valence-corrected chi connectivity index (χ3v) is 5.47. The highest BCUT2D eigenvalue weighted by atomic mass is 35.5. The average molecular weight is 386 g/mol. The summed E-state index contributed by atoms with van der Waals surface area (Å²) in [7, 11) is 2.12. The Morgan fingerprint density at radius 2 is 1.78 bits per heavy atom. The number of rotatable bonds is 3. The number of ketones is 1. The molecule has 1 saturated heterocycles. The molecule has 1 atom stereocenters. The number of anilines is 3. The van der Waals surface area contributed by atoms with E-state index in [1.165, 1.54) is 0 Å². The highest BCUT2D eigenvalue weighted by Gasteiger charge is 2.29. The van der Waals surface area contributed by atoms with Crippen LogP contribution in [0.25, 0.3) is 0 Å². The van der Waals surface area contributed by atoms with Crippen molar-refractivity contribution < 1.29 is 4.79 Å². The molecule has 0 saturated carbocycles. The number of hydrogen-bond acceptors (Lipinski definition) is 6. The van der Waals surface area contributed by atoms with Gasteiger partial charge in [0.15, 0.2) is 5.78 Å². The van der Waals surface area contributed by atoms with Crippen LogP contribution in [0.5, 0.6) is 0 Å². The molecule has 1 aliphatic heterocycles. The van der Waals surface area contributed by atoms with Crippen molar-refractivity contribution in [3.8, 4) is 0 Å². The lowest BCUT2D eigenvalue weighted by Crippen LogP contribution is -2.45. The maximum absolute atomic E-state index is 12.7. The first-order valence-electron chi connectivity index (χ1n) is 9.40. The van der Waals surface area contributed by atoms with Crippen LogP contribution < -0.4 is 10.2 Å². The lowest BCUT2D eigenvalue weighted by atomic mass is 9.87. The number of nitrogens with zero attached hydrogens (tertiary/aromatic N) is 4. The van der Waals surface area contributed by atoms with E-state index in [1.807, 2.05) is 24.3 Å². The first-order chi connectivity index (χ1) is 13.0. The number of piperazine rings is 1. The number of Topliss-reactive ketones (excluding diaryl/α,β-unsaturated/α-hetero) is 1. The van der Waals surface area contributed by atoms with Gasteiger partial charge in [-0.1, -0.05) is 18.5 Å². The van der Waals surface area contributed by atoms with Crippen molar-refractivity contribution in [1.29, 1.82) is 0 Å². The summed E-state index contributed by atoms with van der Waals surface area (Å²) in [6.45, 7) is 5.84. The first kappa shape index (κ1) is 18.2. The SMILES string of the molecule is C[C@@H]1CC(=O)c2c(nc(N3CCN(C)CC3)nc2Nc2ccc(Cl)cc2)C1. The van der Waals surface area contributed by atoms with Crippen molar-refractivity contribution in [3.05, 3.63) is 40.5 Å². The van der Waals surface area contributed by atoms with Crippen molar-refractivity contribution in [2.24, 2.45) is 5.92 Å². The zero-order valence-electron chi connectivity index (χ0n) is 15.7. The highest BCUT2D eigenvalue weighted by molar-refractivity contribution is 6.30. The largest absolute Gasteiger partial charge is 0.339 e. The monoisotopic (exact) mass is 385 g/mol. The van der Waals surface area contributed by atoms with Gasteiger partial charge in [0.25, 0.3) is 0 Å². The first-order valence-corrected chi connectivity index (χ1v) is 9.77. The fourth-order valence-electron chi connectivity index (χ4n) is 3.66. The molecule has 1 aromatic heterocycles. The molecule has 27 heavy (non-hydrogen) atoms. The molecule has 4 rings (SSSR count). The molecule has 1 fully saturated rings. The van der Waals surface area contributed by atoms with Crippen LogP contribution in [0.2, 0.25) is 5.02 Å². The zero-order valence-corrected chi connectivity index (χ0v) is 16.5. The van der Waals surface area contributed by atoms with Gasteiger partial charge >= 0.3 is 0 Å². The number of fused-ring (bicyclic) bond motifs is 1. The predicted molar refractivity (Wildman–Crippen MR) is 108 cm³/mol. The molecule has 6 nitrogen and oxygen atoms in total. The van der Waals surface area contributed by atoms with Gasteiger partial charge in [0.05, 0.1) is 11.3 Å². The topological polar surface area (TPSA) is 61.4 Å². The Morgan fingerprint density at radius 3 is 2.48 bits per heavy atom. The van der Waals surface area contributed by atoms with Crippen molar-refractivity contribution in [1.82, 2.24) is 14.9 Å². The van der Waals surface area contributed by atoms with Crippen LogP contribution in [0.1, 0.15) is 29.4 Å². The van der Waals surface area contributed by atoms with Crippen molar-refractivity contribution >= 4 is 34.8 Å². The second-order valence-electron chi connectivity index (χ2n) is 7.55. The Kier molecular flexibility index (Phi) is 5.02. The van der Waals surface area contributed by atoms with Crippen LogP contribution in [0.4, 0.5) is 17.5 Å². The van der Waals surface area contributed by atoms with Crippen molar-refractivity contribution in [3.63, 3.8) is 0 Å². The van der Waals surface area contributed by atoms with Gasteiger partial charge in [-0.3, -0.25) is 4.79 Å². The van der Waals surface area contributed by atoms with E-state index in [9.17, 15) is 4.79 Å². The van der Waals surface area contributed by atoms with Crippen molar-refractivity contribution in [2.75, 3.05) is 43.4 Å². The van der Waals surface area contributed by atoms with E-state index in [0.717, 1.165) is 44.0 Å². The van der Waals surface area contributed by atoms with E-state index < -0.39 is 0 Å². The summed E-state index contributed by atoms with van der Waals surface area (Å²) in [4.78, 5) is 26.8. The van der Waals surface area contributed by atoms with Gasteiger partial charge in [-0.05, 0) is 43.7 Å². The lowest BCUT2D eigenvalue weighted by molar-refractivity contribution is 0.0952. The molecule has 1 N–H and O–H groups in total. The second kappa shape index (κ2) is 7.44. The summed E-state index contributed by atoms with van der Waals surface area (Å²) >= 11 is 5.99. The Labute approximate surface area is 164 Å². The Hall–Kier alpha value is -2.18. The van der Waals surface area contributed by atoms with Crippen LogP contribution in [0.15, 0.2) is 24.3 Å². The number of aromatic nitrogens is 2. The molecular weight excluding hydrogens is 362 g/mol. The molecule has 0 radical (unpaired) electrons. The summed E-state index contributed by atoms with van der Waals surface area (Å²) in [6, 6.07) is 7.43. The van der Waals surface area contributed by atoms with Crippen LogP contribution in [0.3, 0.4) is 0 Å². The van der Waals surface area contributed by atoms with Crippen LogP contribution in [-0.2, 0) is 6.42 Å². The van der Waals surface area contributed by atoms with Gasteiger partial charge in [0, 0.05) is 43.3 Å². The normalized spacial score (nSPS) is 20.5. The summed E-state index contributed by atoms with van der Waals surface area (Å²) in [5, 5.41) is 4.00. The summed E-state index contributed by atoms with van der Waals surface area (Å²) < 4.78 is 0. The molecule has 0 spiro atoms. The predicted octanol–water partition coefficient (Wildman–Crippen LogP) is 3.39. The number of nitrogens with one attached hydrogen (secondary N) is 1. The molecule has 2 aliphatic rings. The fraction of sp³-hybridized carbons (Fsp3) is 0.450. The van der Waals surface area contributed by atoms with Crippen LogP contribution in [-0.4, -0.2) is 53.9 Å². The minimum atomic E-state index is 0.116. The summed E-state index contributed by atoms with van der Waals surface area (Å²) in [5.41, 5.74) is 2.36. The maximum atomic E-state index is 12.7. The molecule has 0 amide bonds. The number of likely N-dealkylation sites (N-methyl/N-ethyl adjacent to an activating group) is 1. The second-order valence-corrected chi connectivity index (χ2v) is 7.99. The maximum Gasteiger partial charge on any atom is 0.227 e. The van der Waals surface area contributed by atoms with Gasteiger partial charge in [-0.25, -0.2) is 4.98 Å². The van der Waals surface area contributed by atoms with Gasteiger partial charge in [-0.15, -0.1) is 0 Å². The standard InChI is InChI=1S/C20H24ClN5O/c1-13-11-16-18(17(27)12-13)19(22-15-5-3-14(21)4-6-15)24-20(23-16)26-9-7-25(2)8-10-26/h3-6,13H,7-12H2,1-2H3,(H,22,23,24)/t13-/m0/s1. The molecule has 1 aromatic carbocycles. The number of benzene rings is 1. The molecule has 0 bridgehead atoms. The summed E-state index contributed by atoms with van der Waals surface area (Å²) in [5.74, 6) is 1.74. The number of halogens is 1. The third-order valence-electron chi connectivity index (χ3n) is 5.22. The van der Waals surface area contributed by atoms with Crippen LogP contribution in [0, 0.1) is 5.92 Å².